The summed E-state index contributed by atoms with van der Waals surface area (Å²) in [7, 11) is 1.38. The number of carbonyl (C=O) groups is 3. The third-order valence-corrected chi connectivity index (χ3v) is 7.79. The van der Waals surface area contributed by atoms with Crippen molar-refractivity contribution in [2.75, 3.05) is 13.7 Å². The Morgan fingerprint density at radius 2 is 1.92 bits per heavy atom. The van der Waals surface area contributed by atoms with Crippen molar-refractivity contribution in [1.29, 1.82) is 0 Å². The Balaban J connectivity index is 1.52. The summed E-state index contributed by atoms with van der Waals surface area (Å²) in [6, 6.07) is -0.0119. The van der Waals surface area contributed by atoms with Gasteiger partial charge in [-0.15, -0.1) is 0 Å². The van der Waals surface area contributed by atoms with Crippen molar-refractivity contribution < 1.29 is 28.7 Å². The van der Waals surface area contributed by atoms with Gasteiger partial charge in [0.15, 0.2) is 0 Å². The van der Waals surface area contributed by atoms with Crippen LogP contribution in [0.1, 0.15) is 70.2 Å². The van der Waals surface area contributed by atoms with Gasteiger partial charge in [0.05, 0.1) is 25.3 Å². The number of hydrogen-bond acceptors (Lipinski definition) is 7. The minimum atomic E-state index is -0.886. The first-order valence-electron chi connectivity index (χ1n) is 13.0. The van der Waals surface area contributed by atoms with E-state index in [1.807, 2.05) is 13.8 Å². The molecule has 4 bridgehead atoms. The third-order valence-electron chi connectivity index (χ3n) is 7.79. The minimum Gasteiger partial charge on any atom is -0.477 e. The van der Waals surface area contributed by atoms with Gasteiger partial charge in [-0.25, -0.2) is 15.0 Å². The predicted molar refractivity (Wildman–Crippen MR) is 135 cm³/mol. The predicted octanol–water partition coefficient (Wildman–Crippen LogP) is 2.86. The molecular weight excluding hydrogens is 478 g/mol. The number of hydroxylamine groups is 1. The van der Waals surface area contributed by atoms with Crippen LogP contribution in [0.5, 0.6) is 5.88 Å². The van der Waals surface area contributed by atoms with Crippen LogP contribution in [-0.2, 0) is 14.4 Å². The zero-order chi connectivity index (χ0) is 27.0. The monoisotopic (exact) mass is 517 g/mol. The fourth-order valence-corrected chi connectivity index (χ4v) is 6.31. The van der Waals surface area contributed by atoms with Crippen LogP contribution >= 0.6 is 0 Å². The number of primary amides is 1. The van der Waals surface area contributed by atoms with Crippen LogP contribution in [0.15, 0.2) is 12.3 Å². The zero-order valence-corrected chi connectivity index (χ0v) is 22.3. The Kier molecular flexibility index (Phi) is 7.55. The summed E-state index contributed by atoms with van der Waals surface area (Å²) in [6.07, 6.45) is 8.35. The lowest BCUT2D eigenvalue weighted by Gasteiger charge is -2.58. The van der Waals surface area contributed by atoms with E-state index >= 15 is 0 Å². The summed E-state index contributed by atoms with van der Waals surface area (Å²) in [5.74, 6) is 0.926. The van der Waals surface area contributed by atoms with Crippen LogP contribution in [0.2, 0.25) is 0 Å². The van der Waals surface area contributed by atoms with E-state index < -0.39 is 17.1 Å². The number of rotatable bonds is 10. The summed E-state index contributed by atoms with van der Waals surface area (Å²) in [6.45, 7) is 7.92. The fraction of sp³-hybridized carbons (Fsp3) is 0.692. The SMILES string of the molecule is CONC(=O)C(C)(C)/C=C/n1ncc(C(=O)NC2C3CC4CC2CC(OC(N)=O)(C4)C3)c1OCC(C)C. The number of ether oxygens (including phenoxy) is 2. The quantitative estimate of drug-likeness (QED) is 0.404. The molecule has 5 rings (SSSR count). The Labute approximate surface area is 217 Å². The van der Waals surface area contributed by atoms with Crippen molar-refractivity contribution in [3.05, 3.63) is 17.8 Å². The number of carbonyl (C=O) groups excluding carboxylic acids is 3. The van der Waals surface area contributed by atoms with E-state index in [4.69, 9.17) is 20.0 Å². The molecule has 0 saturated heterocycles. The van der Waals surface area contributed by atoms with Gasteiger partial charge < -0.3 is 20.5 Å². The van der Waals surface area contributed by atoms with Gasteiger partial charge in [-0.2, -0.15) is 5.10 Å². The molecule has 4 aliphatic carbocycles. The number of nitrogens with two attached hydrogens (primary N) is 1. The molecule has 37 heavy (non-hydrogen) atoms. The first-order valence-corrected chi connectivity index (χ1v) is 13.0. The third kappa shape index (κ3) is 5.76. The molecule has 0 spiro atoms. The molecule has 2 atom stereocenters. The average molecular weight is 518 g/mol. The number of nitrogens with one attached hydrogen (secondary N) is 2. The van der Waals surface area contributed by atoms with Gasteiger partial charge in [0.1, 0.15) is 11.2 Å². The Morgan fingerprint density at radius 3 is 2.51 bits per heavy atom. The van der Waals surface area contributed by atoms with E-state index in [0.29, 0.717) is 36.8 Å². The second-order valence-corrected chi connectivity index (χ2v) is 11.8. The standard InChI is InChI=1S/C26H39N5O6/c1-15(2)14-36-22-19(13-28-31(22)7-6-25(3,4)23(33)30-35-5)21(32)29-20-17-8-16-9-18(20)12-26(10-16,11-17)37-24(27)34/h6-7,13,15-18,20H,8-12,14H2,1-5H3,(H2,27,34)(H,29,32)(H,30,33)/b7-6+. The fourth-order valence-electron chi connectivity index (χ4n) is 6.31. The first kappa shape index (κ1) is 27.0. The van der Waals surface area contributed by atoms with Gasteiger partial charge in [0, 0.05) is 12.2 Å². The van der Waals surface area contributed by atoms with E-state index in [9.17, 15) is 14.4 Å². The van der Waals surface area contributed by atoms with Gasteiger partial charge >= 0.3 is 6.09 Å². The van der Waals surface area contributed by atoms with Crippen molar-refractivity contribution in [1.82, 2.24) is 20.6 Å². The molecule has 2 unspecified atom stereocenters. The van der Waals surface area contributed by atoms with Crippen molar-refractivity contribution >= 4 is 24.1 Å². The highest BCUT2D eigenvalue weighted by atomic mass is 16.6. The normalized spacial score (nSPS) is 28.5. The second-order valence-electron chi connectivity index (χ2n) is 11.8. The van der Waals surface area contributed by atoms with Crippen molar-refractivity contribution in [2.24, 2.45) is 34.8 Å². The zero-order valence-electron chi connectivity index (χ0n) is 22.3. The maximum absolute atomic E-state index is 13.5. The topological polar surface area (TPSA) is 147 Å². The molecule has 0 aromatic carbocycles. The van der Waals surface area contributed by atoms with E-state index in [0.717, 1.165) is 19.3 Å². The smallest absolute Gasteiger partial charge is 0.405 e. The molecule has 11 heteroatoms. The summed E-state index contributed by atoms with van der Waals surface area (Å²) >= 11 is 0. The molecule has 0 radical (unpaired) electrons. The van der Waals surface area contributed by atoms with Crippen LogP contribution in [-0.4, -0.2) is 53.0 Å². The first-order chi connectivity index (χ1) is 17.4. The molecule has 11 nitrogen and oxygen atoms in total. The average Bonchev–Trinajstić information content (AvgIpc) is 3.20. The van der Waals surface area contributed by atoms with Crippen LogP contribution in [0.4, 0.5) is 4.79 Å². The van der Waals surface area contributed by atoms with Crippen molar-refractivity contribution in [3.8, 4) is 5.88 Å². The molecule has 4 N–H and O–H groups in total. The van der Waals surface area contributed by atoms with Gasteiger partial charge in [0.2, 0.25) is 5.88 Å². The molecule has 1 aromatic heterocycles. The van der Waals surface area contributed by atoms with Crippen LogP contribution < -0.4 is 21.3 Å². The summed E-state index contributed by atoms with van der Waals surface area (Å²) in [5.41, 5.74) is 6.66. The second kappa shape index (κ2) is 10.4. The van der Waals surface area contributed by atoms with E-state index in [1.165, 1.54) is 18.0 Å². The number of aromatic nitrogens is 2. The highest BCUT2D eigenvalue weighted by Crippen LogP contribution is 2.57. The summed E-state index contributed by atoms with van der Waals surface area (Å²) < 4.78 is 13.1. The summed E-state index contributed by atoms with van der Waals surface area (Å²) in [5, 5.41) is 7.61. The Bertz CT molecular complexity index is 1050. The lowest BCUT2D eigenvalue weighted by molar-refractivity contribution is -0.138. The molecule has 1 aromatic rings. The molecule has 4 fully saturated rings. The number of hydrogen-bond donors (Lipinski definition) is 3. The Morgan fingerprint density at radius 1 is 1.24 bits per heavy atom. The number of amides is 3. The van der Waals surface area contributed by atoms with Gasteiger partial charge in [0.25, 0.3) is 11.8 Å². The lowest BCUT2D eigenvalue weighted by atomic mass is 9.52. The van der Waals surface area contributed by atoms with Crippen LogP contribution in [0.3, 0.4) is 0 Å². The van der Waals surface area contributed by atoms with Crippen LogP contribution in [0.25, 0.3) is 6.20 Å². The van der Waals surface area contributed by atoms with Crippen LogP contribution in [0, 0.1) is 29.1 Å². The van der Waals surface area contributed by atoms with Gasteiger partial charge in [-0.05, 0) is 69.6 Å². The largest absolute Gasteiger partial charge is 0.477 e. The van der Waals surface area contributed by atoms with Crippen molar-refractivity contribution in [3.63, 3.8) is 0 Å². The highest BCUT2D eigenvalue weighted by Gasteiger charge is 2.57. The Hall–Kier alpha value is -3.08. The summed E-state index contributed by atoms with van der Waals surface area (Å²) in [4.78, 5) is 42.1. The minimum absolute atomic E-state index is 0.0119. The number of nitrogens with zero attached hydrogens (tertiary/aromatic N) is 2. The molecule has 204 valence electrons. The highest BCUT2D eigenvalue weighted by molar-refractivity contribution is 5.96. The maximum atomic E-state index is 13.5. The lowest BCUT2D eigenvalue weighted by Crippen LogP contribution is -2.63. The molecule has 1 heterocycles. The van der Waals surface area contributed by atoms with Gasteiger partial charge in [-0.3, -0.25) is 14.4 Å². The molecule has 4 aliphatic rings. The van der Waals surface area contributed by atoms with Crippen molar-refractivity contribution in [2.45, 2.75) is 71.4 Å². The molecular formula is C26H39N5O6. The molecule has 3 amide bonds. The van der Waals surface area contributed by atoms with E-state index in [1.54, 1.807) is 26.1 Å². The van der Waals surface area contributed by atoms with Gasteiger partial charge in [-0.1, -0.05) is 19.9 Å². The van der Waals surface area contributed by atoms with E-state index in [-0.39, 0.29) is 35.6 Å². The maximum Gasteiger partial charge on any atom is 0.405 e. The van der Waals surface area contributed by atoms with E-state index in [2.05, 4.69) is 15.9 Å². The molecule has 4 saturated carbocycles. The molecule has 0 aliphatic heterocycles.